The lowest BCUT2D eigenvalue weighted by molar-refractivity contribution is -0.141. The number of methoxy groups -OCH3 is 1. The third-order valence-corrected chi connectivity index (χ3v) is 6.48. The van der Waals surface area contributed by atoms with Crippen LogP contribution >= 0.6 is 11.6 Å². The molecule has 1 atom stereocenters. The van der Waals surface area contributed by atoms with Crippen LogP contribution in [-0.2, 0) is 14.4 Å². The zero-order valence-corrected chi connectivity index (χ0v) is 20.5. The molecule has 1 saturated carbocycles. The molecule has 4 amide bonds. The molecule has 3 rings (SSSR count). The first-order chi connectivity index (χ1) is 16.8. The molecule has 1 aliphatic carbocycles. The van der Waals surface area contributed by atoms with E-state index < -0.39 is 29.7 Å². The van der Waals surface area contributed by atoms with Crippen molar-refractivity contribution < 1.29 is 23.9 Å². The second-order valence-corrected chi connectivity index (χ2v) is 9.01. The van der Waals surface area contributed by atoms with Gasteiger partial charge >= 0.3 is 0 Å². The first kappa shape index (κ1) is 26.3. The standard InChI is InChI=1S/C24H32ClN5O5/c1-35-20-9-5-8-17-16(20)13-19(27-17)23(33)28-18(12-15-6-3-2-4-7-15)24(34)29-30(22(32)14-25)11-10-21(26)31/h5,8-9,13,15,18,27H,2-4,6-7,10-12,14H2,1H3,(H2,26,31)(H,28,33)(H,29,34)/t18-/m1/s1. The average molecular weight is 506 g/mol. The molecule has 1 aliphatic rings. The van der Waals surface area contributed by atoms with E-state index in [2.05, 4.69) is 15.7 Å². The van der Waals surface area contributed by atoms with Gasteiger partial charge in [0.05, 0.1) is 13.7 Å². The normalized spacial score (nSPS) is 14.8. The molecule has 0 unspecified atom stereocenters. The van der Waals surface area contributed by atoms with E-state index in [0.717, 1.165) is 48.0 Å². The molecule has 1 fully saturated rings. The van der Waals surface area contributed by atoms with Crippen LogP contribution in [0.5, 0.6) is 5.75 Å². The van der Waals surface area contributed by atoms with Gasteiger partial charge in [0, 0.05) is 17.3 Å². The van der Waals surface area contributed by atoms with Gasteiger partial charge in [0.1, 0.15) is 23.4 Å². The Bertz CT molecular complexity index is 1070. The van der Waals surface area contributed by atoms with Crippen molar-refractivity contribution in [2.45, 2.75) is 51.0 Å². The van der Waals surface area contributed by atoms with Crippen LogP contribution < -0.4 is 21.2 Å². The highest BCUT2D eigenvalue weighted by molar-refractivity contribution is 6.27. The molecule has 0 bridgehead atoms. The molecule has 5 N–H and O–H groups in total. The molecule has 1 aromatic carbocycles. The van der Waals surface area contributed by atoms with Crippen molar-refractivity contribution in [3.05, 3.63) is 30.0 Å². The number of primary amides is 1. The molecule has 2 aromatic rings. The number of benzene rings is 1. The Hall–Kier alpha value is -3.27. The number of nitrogens with one attached hydrogen (secondary N) is 3. The molecule has 0 saturated heterocycles. The van der Waals surface area contributed by atoms with Crippen LogP contribution in [0, 0.1) is 5.92 Å². The molecule has 190 valence electrons. The number of hydrazine groups is 1. The fraction of sp³-hybridized carbons (Fsp3) is 0.500. The van der Waals surface area contributed by atoms with Crippen molar-refractivity contribution in [1.29, 1.82) is 0 Å². The van der Waals surface area contributed by atoms with Gasteiger partial charge in [0.15, 0.2) is 0 Å². The molecule has 0 aliphatic heterocycles. The summed E-state index contributed by atoms with van der Waals surface area (Å²) in [5.41, 5.74) is 8.72. The van der Waals surface area contributed by atoms with E-state index in [-0.39, 0.29) is 30.5 Å². The van der Waals surface area contributed by atoms with Gasteiger partial charge in [0.2, 0.25) is 5.91 Å². The second kappa shape index (κ2) is 12.4. The number of carbonyl (C=O) groups excluding carboxylic acids is 4. The fourth-order valence-electron chi connectivity index (χ4n) is 4.40. The van der Waals surface area contributed by atoms with Gasteiger partial charge in [-0.25, -0.2) is 0 Å². The lowest BCUT2D eigenvalue weighted by Crippen LogP contribution is -2.55. The zero-order chi connectivity index (χ0) is 25.4. The maximum Gasteiger partial charge on any atom is 0.268 e. The van der Waals surface area contributed by atoms with E-state index >= 15 is 0 Å². The highest BCUT2D eigenvalue weighted by Crippen LogP contribution is 2.28. The Morgan fingerprint density at radius 1 is 1.23 bits per heavy atom. The molecule has 11 heteroatoms. The number of ether oxygens (including phenoxy) is 1. The molecular formula is C24H32ClN5O5. The largest absolute Gasteiger partial charge is 0.496 e. The van der Waals surface area contributed by atoms with E-state index in [9.17, 15) is 19.2 Å². The van der Waals surface area contributed by atoms with Crippen LogP contribution in [0.1, 0.15) is 55.4 Å². The van der Waals surface area contributed by atoms with Crippen LogP contribution in [0.2, 0.25) is 0 Å². The van der Waals surface area contributed by atoms with Crippen LogP contribution in [0.3, 0.4) is 0 Å². The average Bonchev–Trinajstić information content (AvgIpc) is 3.30. The van der Waals surface area contributed by atoms with E-state index in [4.69, 9.17) is 22.1 Å². The highest BCUT2D eigenvalue weighted by Gasteiger charge is 2.29. The quantitative estimate of drug-likeness (QED) is 0.289. The predicted octanol–water partition coefficient (Wildman–Crippen LogP) is 2.22. The lowest BCUT2D eigenvalue weighted by Gasteiger charge is -2.29. The van der Waals surface area contributed by atoms with Gasteiger partial charge in [-0.1, -0.05) is 38.2 Å². The molecule has 1 aromatic heterocycles. The first-order valence-electron chi connectivity index (χ1n) is 11.7. The van der Waals surface area contributed by atoms with Crippen molar-refractivity contribution in [3.63, 3.8) is 0 Å². The Morgan fingerprint density at radius 3 is 2.63 bits per heavy atom. The number of nitrogens with zero attached hydrogens (tertiary/aromatic N) is 1. The number of nitrogens with two attached hydrogens (primary N) is 1. The number of amides is 4. The second-order valence-electron chi connectivity index (χ2n) is 8.74. The monoisotopic (exact) mass is 505 g/mol. The van der Waals surface area contributed by atoms with E-state index in [0.29, 0.717) is 12.2 Å². The highest BCUT2D eigenvalue weighted by atomic mass is 35.5. The number of aromatic amines is 1. The molecule has 1 heterocycles. The maximum atomic E-state index is 13.2. The number of hydrogen-bond acceptors (Lipinski definition) is 5. The molecule has 10 nitrogen and oxygen atoms in total. The minimum atomic E-state index is -0.891. The summed E-state index contributed by atoms with van der Waals surface area (Å²) >= 11 is 5.67. The summed E-state index contributed by atoms with van der Waals surface area (Å²) < 4.78 is 5.36. The Morgan fingerprint density at radius 2 is 1.97 bits per heavy atom. The minimum Gasteiger partial charge on any atom is -0.496 e. The van der Waals surface area contributed by atoms with Crippen molar-refractivity contribution in [3.8, 4) is 5.75 Å². The maximum absolute atomic E-state index is 13.2. The summed E-state index contributed by atoms with van der Waals surface area (Å²) in [4.78, 5) is 52.8. The SMILES string of the molecule is COc1cccc2[nH]c(C(=O)N[C@H](CC3CCCCC3)C(=O)NN(CCC(N)=O)C(=O)CCl)cc12. The minimum absolute atomic E-state index is 0.113. The number of fused-ring (bicyclic) bond motifs is 1. The van der Waals surface area contributed by atoms with Crippen LogP contribution in [-0.4, -0.2) is 59.2 Å². The number of hydrogen-bond donors (Lipinski definition) is 4. The van der Waals surface area contributed by atoms with Crippen molar-refractivity contribution in [2.75, 3.05) is 19.5 Å². The van der Waals surface area contributed by atoms with Crippen LogP contribution in [0.4, 0.5) is 0 Å². The Kier molecular flexibility index (Phi) is 9.36. The molecule has 35 heavy (non-hydrogen) atoms. The topological polar surface area (TPSA) is 147 Å². The Balaban J connectivity index is 1.78. The molecular weight excluding hydrogens is 474 g/mol. The summed E-state index contributed by atoms with van der Waals surface area (Å²) in [6.07, 6.45) is 5.53. The van der Waals surface area contributed by atoms with Gasteiger partial charge < -0.3 is 20.8 Å². The number of H-pyrrole nitrogens is 1. The van der Waals surface area contributed by atoms with Crippen molar-refractivity contribution in [2.24, 2.45) is 11.7 Å². The molecule has 0 radical (unpaired) electrons. The first-order valence-corrected chi connectivity index (χ1v) is 12.3. The van der Waals surface area contributed by atoms with Crippen molar-refractivity contribution >= 4 is 46.1 Å². The summed E-state index contributed by atoms with van der Waals surface area (Å²) in [5.74, 6) is -1.69. The van der Waals surface area contributed by atoms with E-state index in [1.807, 2.05) is 12.1 Å². The Labute approximate surface area is 208 Å². The summed E-state index contributed by atoms with van der Waals surface area (Å²) in [6.45, 7) is -0.113. The number of alkyl halides is 1. The van der Waals surface area contributed by atoms with Crippen LogP contribution in [0.15, 0.2) is 24.3 Å². The predicted molar refractivity (Wildman–Crippen MR) is 132 cm³/mol. The third-order valence-electron chi connectivity index (χ3n) is 6.25. The summed E-state index contributed by atoms with van der Waals surface area (Å²) in [6, 6.07) is 6.22. The number of halogens is 1. The van der Waals surface area contributed by atoms with Crippen molar-refractivity contribution in [1.82, 2.24) is 20.7 Å². The van der Waals surface area contributed by atoms with Gasteiger partial charge in [-0.05, 0) is 30.5 Å². The lowest BCUT2D eigenvalue weighted by atomic mass is 9.84. The number of aromatic nitrogens is 1. The zero-order valence-electron chi connectivity index (χ0n) is 19.8. The third kappa shape index (κ3) is 7.11. The van der Waals surface area contributed by atoms with E-state index in [1.165, 1.54) is 0 Å². The molecule has 0 spiro atoms. The fourth-order valence-corrected chi connectivity index (χ4v) is 4.54. The van der Waals surface area contributed by atoms with Gasteiger partial charge in [-0.15, -0.1) is 11.6 Å². The van der Waals surface area contributed by atoms with Gasteiger partial charge in [-0.2, -0.15) is 0 Å². The summed E-state index contributed by atoms with van der Waals surface area (Å²) in [5, 5.41) is 4.55. The van der Waals surface area contributed by atoms with Crippen LogP contribution in [0.25, 0.3) is 10.9 Å². The van der Waals surface area contributed by atoms with Gasteiger partial charge in [-0.3, -0.25) is 29.6 Å². The van der Waals surface area contributed by atoms with Gasteiger partial charge in [0.25, 0.3) is 17.7 Å². The smallest absolute Gasteiger partial charge is 0.268 e. The van der Waals surface area contributed by atoms with E-state index in [1.54, 1.807) is 19.2 Å². The number of rotatable bonds is 10. The summed E-state index contributed by atoms with van der Waals surface area (Å²) in [7, 11) is 1.55. The number of carbonyl (C=O) groups is 4.